The summed E-state index contributed by atoms with van der Waals surface area (Å²) >= 11 is 5.36. The Hall–Kier alpha value is 0.1000. The third-order valence-electron chi connectivity index (χ3n) is 3.68. The molecule has 1 aromatic heterocycles. The monoisotopic (exact) mass is 330 g/mol. The fourth-order valence-electron chi connectivity index (χ4n) is 3.05. The molecule has 1 aliphatic rings. The predicted octanol–water partition coefficient (Wildman–Crippen LogP) is 3.86. The number of thiophene rings is 1. The van der Waals surface area contributed by atoms with Crippen LogP contribution in [0.4, 0.5) is 0 Å². The van der Waals surface area contributed by atoms with E-state index < -0.39 is 0 Å². The molecular weight excluding hydrogens is 308 g/mol. The minimum Gasteiger partial charge on any atom is -0.310 e. The van der Waals surface area contributed by atoms with Gasteiger partial charge in [0, 0.05) is 33.4 Å². The third-order valence-corrected chi connectivity index (χ3v) is 5.36. The van der Waals surface area contributed by atoms with Crippen molar-refractivity contribution in [3.8, 4) is 0 Å². The minimum atomic E-state index is 0.373. The van der Waals surface area contributed by atoms with E-state index in [4.69, 9.17) is 0 Å². The molecule has 0 spiro atoms. The summed E-state index contributed by atoms with van der Waals surface area (Å²) in [6.45, 7) is 5.70. The molecule has 1 atom stereocenters. The van der Waals surface area contributed by atoms with Crippen LogP contribution >= 0.6 is 27.3 Å². The second-order valence-electron chi connectivity index (χ2n) is 5.46. The molecule has 1 aromatic rings. The highest BCUT2D eigenvalue weighted by molar-refractivity contribution is 9.10. The zero-order valence-electron chi connectivity index (χ0n) is 11.3. The summed E-state index contributed by atoms with van der Waals surface area (Å²) in [7, 11) is 2.24. The number of halogens is 1. The molecule has 4 heteroatoms. The van der Waals surface area contributed by atoms with E-state index in [2.05, 4.69) is 51.6 Å². The quantitative estimate of drug-likeness (QED) is 0.851. The summed E-state index contributed by atoms with van der Waals surface area (Å²) < 4.78 is 1.21. The Morgan fingerprint density at radius 3 is 2.94 bits per heavy atom. The molecule has 2 heterocycles. The van der Waals surface area contributed by atoms with Crippen LogP contribution in [0.15, 0.2) is 15.9 Å². The lowest BCUT2D eigenvalue weighted by Crippen LogP contribution is -2.48. The van der Waals surface area contributed by atoms with Gasteiger partial charge in [0.15, 0.2) is 0 Å². The molecule has 18 heavy (non-hydrogen) atoms. The van der Waals surface area contributed by atoms with E-state index in [0.717, 1.165) is 13.1 Å². The summed E-state index contributed by atoms with van der Waals surface area (Å²) in [5.74, 6) is 0. The van der Waals surface area contributed by atoms with Gasteiger partial charge in [-0.25, -0.2) is 0 Å². The van der Waals surface area contributed by atoms with Gasteiger partial charge in [0.25, 0.3) is 0 Å². The third kappa shape index (κ3) is 3.80. The SMILES string of the molecule is CCCC1(CN(C)Cc2cc(Br)cs2)CCCN1. The lowest BCUT2D eigenvalue weighted by atomic mass is 9.91. The largest absolute Gasteiger partial charge is 0.310 e. The molecule has 1 fully saturated rings. The first-order chi connectivity index (χ1) is 8.63. The fourth-order valence-corrected chi connectivity index (χ4v) is 4.58. The summed E-state index contributed by atoms with van der Waals surface area (Å²) in [6.07, 6.45) is 5.23. The van der Waals surface area contributed by atoms with Crippen molar-refractivity contribution in [2.75, 3.05) is 20.1 Å². The van der Waals surface area contributed by atoms with Crippen LogP contribution in [0.2, 0.25) is 0 Å². The molecule has 0 aliphatic carbocycles. The van der Waals surface area contributed by atoms with E-state index in [1.807, 2.05) is 11.3 Å². The Balaban J connectivity index is 1.90. The van der Waals surface area contributed by atoms with Crippen molar-refractivity contribution in [1.82, 2.24) is 10.2 Å². The molecule has 1 unspecified atom stereocenters. The molecule has 0 bridgehead atoms. The van der Waals surface area contributed by atoms with Crippen molar-refractivity contribution in [3.05, 3.63) is 20.8 Å². The molecule has 2 nitrogen and oxygen atoms in total. The number of rotatable bonds is 6. The van der Waals surface area contributed by atoms with Crippen molar-refractivity contribution >= 4 is 27.3 Å². The summed E-state index contributed by atoms with van der Waals surface area (Å²) in [6, 6.07) is 2.23. The van der Waals surface area contributed by atoms with Crippen LogP contribution < -0.4 is 5.32 Å². The van der Waals surface area contributed by atoms with Gasteiger partial charge in [-0.1, -0.05) is 13.3 Å². The predicted molar refractivity (Wildman–Crippen MR) is 83.2 cm³/mol. The van der Waals surface area contributed by atoms with Gasteiger partial charge >= 0.3 is 0 Å². The standard InChI is InChI=1S/C14H23BrN2S/c1-3-5-14(6-4-7-16-14)11-17(2)9-13-8-12(15)10-18-13/h8,10,16H,3-7,9,11H2,1-2H3. The van der Waals surface area contributed by atoms with E-state index in [-0.39, 0.29) is 0 Å². The van der Waals surface area contributed by atoms with E-state index in [0.29, 0.717) is 5.54 Å². The molecule has 102 valence electrons. The molecule has 0 radical (unpaired) electrons. The first-order valence-corrected chi connectivity index (χ1v) is 8.47. The molecule has 0 aromatic carbocycles. The van der Waals surface area contributed by atoms with E-state index in [9.17, 15) is 0 Å². The highest BCUT2D eigenvalue weighted by atomic mass is 79.9. The van der Waals surface area contributed by atoms with Crippen LogP contribution in [0, 0.1) is 0 Å². The van der Waals surface area contributed by atoms with Crippen molar-refractivity contribution in [2.24, 2.45) is 0 Å². The van der Waals surface area contributed by atoms with Gasteiger partial charge < -0.3 is 5.32 Å². The normalized spacial score (nSPS) is 24.0. The molecule has 1 N–H and O–H groups in total. The summed E-state index contributed by atoms with van der Waals surface area (Å²) in [5.41, 5.74) is 0.373. The molecule has 0 saturated carbocycles. The lowest BCUT2D eigenvalue weighted by molar-refractivity contribution is 0.209. The van der Waals surface area contributed by atoms with Crippen LogP contribution in [0.3, 0.4) is 0 Å². The van der Waals surface area contributed by atoms with Gasteiger partial charge in [0.2, 0.25) is 0 Å². The molecule has 1 aliphatic heterocycles. The number of nitrogens with one attached hydrogen (secondary N) is 1. The van der Waals surface area contributed by atoms with Crippen molar-refractivity contribution in [2.45, 2.75) is 44.7 Å². The highest BCUT2D eigenvalue weighted by Crippen LogP contribution is 2.27. The first-order valence-electron chi connectivity index (χ1n) is 6.80. The van der Waals surface area contributed by atoms with Crippen molar-refractivity contribution < 1.29 is 0 Å². The first kappa shape index (κ1) is 14.5. The van der Waals surface area contributed by atoms with Gasteiger partial charge in [-0.3, -0.25) is 4.90 Å². The number of likely N-dealkylation sites (N-methyl/N-ethyl adjacent to an activating group) is 1. The molecule has 2 rings (SSSR count). The Kier molecular flexibility index (Phi) is 5.24. The average molecular weight is 331 g/mol. The minimum absolute atomic E-state index is 0.373. The van der Waals surface area contributed by atoms with Gasteiger partial charge in [0.1, 0.15) is 0 Å². The maximum atomic E-state index is 3.75. The molecular formula is C14H23BrN2S. The maximum Gasteiger partial charge on any atom is 0.0326 e. The lowest BCUT2D eigenvalue weighted by Gasteiger charge is -2.33. The van der Waals surface area contributed by atoms with Crippen molar-refractivity contribution in [3.63, 3.8) is 0 Å². The van der Waals surface area contributed by atoms with Crippen LogP contribution in [-0.4, -0.2) is 30.6 Å². The number of hydrogen-bond acceptors (Lipinski definition) is 3. The van der Waals surface area contributed by atoms with Gasteiger partial charge in [-0.2, -0.15) is 0 Å². The van der Waals surface area contributed by atoms with Gasteiger partial charge in [0.05, 0.1) is 0 Å². The van der Waals surface area contributed by atoms with Gasteiger partial charge in [-0.05, 0) is 54.9 Å². The molecule has 1 saturated heterocycles. The zero-order valence-corrected chi connectivity index (χ0v) is 13.7. The fraction of sp³-hybridized carbons (Fsp3) is 0.714. The summed E-state index contributed by atoms with van der Waals surface area (Å²) in [4.78, 5) is 3.90. The van der Waals surface area contributed by atoms with E-state index in [1.54, 1.807) is 0 Å². The zero-order chi connectivity index (χ0) is 13.0. The second-order valence-corrected chi connectivity index (χ2v) is 7.38. The number of nitrogens with zero attached hydrogens (tertiary/aromatic N) is 1. The smallest absolute Gasteiger partial charge is 0.0326 e. The van der Waals surface area contributed by atoms with E-state index in [1.165, 1.54) is 41.6 Å². The maximum absolute atomic E-state index is 3.75. The Morgan fingerprint density at radius 1 is 1.56 bits per heavy atom. The highest BCUT2D eigenvalue weighted by Gasteiger charge is 2.33. The Morgan fingerprint density at radius 2 is 2.39 bits per heavy atom. The second kappa shape index (κ2) is 6.51. The van der Waals surface area contributed by atoms with E-state index >= 15 is 0 Å². The van der Waals surface area contributed by atoms with Crippen LogP contribution in [0.1, 0.15) is 37.5 Å². The molecule has 0 amide bonds. The Bertz CT molecular complexity index is 372. The summed E-state index contributed by atoms with van der Waals surface area (Å²) in [5, 5.41) is 5.91. The van der Waals surface area contributed by atoms with Crippen LogP contribution in [-0.2, 0) is 6.54 Å². The van der Waals surface area contributed by atoms with Crippen molar-refractivity contribution in [1.29, 1.82) is 0 Å². The topological polar surface area (TPSA) is 15.3 Å². The van der Waals surface area contributed by atoms with Crippen LogP contribution in [0.5, 0.6) is 0 Å². The number of hydrogen-bond donors (Lipinski definition) is 1. The van der Waals surface area contributed by atoms with Gasteiger partial charge in [-0.15, -0.1) is 11.3 Å². The Labute approximate surface area is 123 Å². The van der Waals surface area contributed by atoms with Crippen LogP contribution in [0.25, 0.3) is 0 Å². The average Bonchev–Trinajstić information content (AvgIpc) is 2.89.